The van der Waals surface area contributed by atoms with Gasteiger partial charge in [-0.1, -0.05) is 29.8 Å². The van der Waals surface area contributed by atoms with E-state index in [1.807, 2.05) is 6.07 Å². The number of hydrogen-bond acceptors (Lipinski definition) is 6. The second kappa shape index (κ2) is 7.21. The van der Waals surface area contributed by atoms with Crippen molar-refractivity contribution < 1.29 is 0 Å². The number of nitriles is 1. The average Bonchev–Trinajstić information content (AvgIpc) is 3.29. The van der Waals surface area contributed by atoms with Crippen molar-refractivity contribution in [2.75, 3.05) is 16.8 Å². The van der Waals surface area contributed by atoms with E-state index >= 15 is 0 Å². The van der Waals surface area contributed by atoms with Gasteiger partial charge in [-0.25, -0.2) is 9.97 Å². The van der Waals surface area contributed by atoms with Crippen LogP contribution in [0.5, 0.6) is 0 Å². The van der Waals surface area contributed by atoms with Crippen LogP contribution in [-0.2, 0) is 0 Å². The van der Waals surface area contributed by atoms with Crippen LogP contribution in [0.25, 0.3) is 0 Å². The summed E-state index contributed by atoms with van der Waals surface area (Å²) in [5, 5.41) is 20.5. The lowest BCUT2D eigenvalue weighted by Crippen LogP contribution is -2.25. The Balaban J connectivity index is 1.45. The van der Waals surface area contributed by atoms with Crippen LogP contribution < -0.4 is 10.2 Å². The molecule has 2 aromatic heterocycles. The summed E-state index contributed by atoms with van der Waals surface area (Å²) in [7, 11) is 0. The maximum absolute atomic E-state index is 9.91. The van der Waals surface area contributed by atoms with Gasteiger partial charge >= 0.3 is 0 Å². The maximum atomic E-state index is 9.91. The number of aryl methyl sites for hydroxylation is 1. The molecule has 3 aromatic rings. The lowest BCUT2D eigenvalue weighted by molar-refractivity contribution is 0.709. The summed E-state index contributed by atoms with van der Waals surface area (Å²) in [5.41, 5.74) is 4.10. The van der Waals surface area contributed by atoms with E-state index in [1.54, 1.807) is 0 Å². The quantitative estimate of drug-likeness (QED) is 0.678. The van der Waals surface area contributed by atoms with Gasteiger partial charge in [-0.3, -0.25) is 5.10 Å². The Kier molecular flexibility index (Phi) is 4.39. The van der Waals surface area contributed by atoms with E-state index < -0.39 is 0 Å². The van der Waals surface area contributed by atoms with Gasteiger partial charge in [0, 0.05) is 24.2 Å². The molecule has 0 amide bonds. The Bertz CT molecular complexity index is 1060. The maximum Gasteiger partial charge on any atom is 0.155 e. The molecule has 1 aliphatic heterocycles. The monoisotopic (exact) mass is 385 g/mol. The Hall–Kier alpha value is -3.40. The molecule has 29 heavy (non-hydrogen) atoms. The molecule has 7 heteroatoms. The fraction of sp³-hybridized carbons (Fsp3) is 0.364. The SMILES string of the molecule is Cc1ccc(C2CCCN2c2ncnc(Nc3cc(C4CC4)[nH]n3)c2C#N)cc1. The number of rotatable bonds is 5. The van der Waals surface area contributed by atoms with Crippen molar-refractivity contribution in [2.45, 2.75) is 44.6 Å². The molecular formula is C22H23N7. The zero-order chi connectivity index (χ0) is 19.8. The second-order valence-electron chi connectivity index (χ2n) is 7.90. The lowest BCUT2D eigenvalue weighted by Gasteiger charge is -2.27. The highest BCUT2D eigenvalue weighted by molar-refractivity contribution is 5.69. The topological polar surface area (TPSA) is 93.5 Å². The van der Waals surface area contributed by atoms with Crippen molar-refractivity contribution in [1.82, 2.24) is 20.2 Å². The van der Waals surface area contributed by atoms with Crippen molar-refractivity contribution in [1.29, 1.82) is 5.26 Å². The highest BCUT2D eigenvalue weighted by atomic mass is 15.3. The van der Waals surface area contributed by atoms with Crippen molar-refractivity contribution in [3.8, 4) is 6.07 Å². The molecule has 0 radical (unpaired) electrons. The van der Waals surface area contributed by atoms with E-state index in [9.17, 15) is 5.26 Å². The van der Waals surface area contributed by atoms with Gasteiger partial charge < -0.3 is 10.2 Å². The van der Waals surface area contributed by atoms with Gasteiger partial charge in [-0.2, -0.15) is 10.4 Å². The normalized spacial score (nSPS) is 18.6. The summed E-state index contributed by atoms with van der Waals surface area (Å²) in [6.07, 6.45) is 6.05. The van der Waals surface area contributed by atoms with Crippen LogP contribution in [0, 0.1) is 18.3 Å². The molecule has 1 aromatic carbocycles. The molecule has 1 aliphatic carbocycles. The summed E-state index contributed by atoms with van der Waals surface area (Å²) >= 11 is 0. The highest BCUT2D eigenvalue weighted by Crippen LogP contribution is 2.40. The summed E-state index contributed by atoms with van der Waals surface area (Å²) in [5.74, 6) is 2.46. The Morgan fingerprint density at radius 3 is 2.76 bits per heavy atom. The molecule has 1 unspecified atom stereocenters. The van der Waals surface area contributed by atoms with Crippen LogP contribution in [0.4, 0.5) is 17.5 Å². The molecule has 7 nitrogen and oxygen atoms in total. The predicted octanol–water partition coefficient (Wildman–Crippen LogP) is 4.34. The Labute approximate surface area is 169 Å². The third-order valence-electron chi connectivity index (χ3n) is 5.79. The molecule has 5 rings (SSSR count). The van der Waals surface area contributed by atoms with Crippen molar-refractivity contribution >= 4 is 17.5 Å². The van der Waals surface area contributed by atoms with Gasteiger partial charge in [0.15, 0.2) is 17.5 Å². The number of H-pyrrole nitrogens is 1. The van der Waals surface area contributed by atoms with Crippen molar-refractivity contribution in [2.24, 2.45) is 0 Å². The van der Waals surface area contributed by atoms with Crippen LogP contribution in [-0.4, -0.2) is 26.7 Å². The first kappa shape index (κ1) is 17.7. The van der Waals surface area contributed by atoms with Crippen molar-refractivity contribution in [3.05, 3.63) is 59.0 Å². The fourth-order valence-corrected chi connectivity index (χ4v) is 4.07. The standard InChI is InChI=1S/C22H23N7/c1-14-4-6-16(7-5-14)19-3-2-10-29(19)22-17(12-23)21(24-13-25-22)26-20-11-18(27-28-20)15-8-9-15/h4-7,11,13,15,19H,2-3,8-10H2,1H3,(H2,24,25,26,27,28). The minimum atomic E-state index is 0.220. The molecule has 2 aliphatic rings. The van der Waals surface area contributed by atoms with Crippen LogP contribution in [0.15, 0.2) is 36.7 Å². The summed E-state index contributed by atoms with van der Waals surface area (Å²) in [6.45, 7) is 2.97. The van der Waals surface area contributed by atoms with E-state index in [2.05, 4.69) is 67.6 Å². The largest absolute Gasteiger partial charge is 0.348 e. The van der Waals surface area contributed by atoms with Gasteiger partial charge in [0.25, 0.3) is 0 Å². The number of anilines is 3. The summed E-state index contributed by atoms with van der Waals surface area (Å²) in [6, 6.07) is 13.2. The third-order valence-corrected chi connectivity index (χ3v) is 5.79. The minimum Gasteiger partial charge on any atom is -0.348 e. The molecule has 2 fully saturated rings. The van der Waals surface area contributed by atoms with E-state index in [0.29, 0.717) is 28.9 Å². The summed E-state index contributed by atoms with van der Waals surface area (Å²) < 4.78 is 0. The molecule has 146 valence electrons. The average molecular weight is 385 g/mol. The van der Waals surface area contributed by atoms with Crippen LogP contribution in [0.3, 0.4) is 0 Å². The summed E-state index contributed by atoms with van der Waals surface area (Å²) in [4.78, 5) is 11.1. The number of nitrogens with zero attached hydrogens (tertiary/aromatic N) is 5. The molecule has 0 spiro atoms. The van der Waals surface area contributed by atoms with Crippen molar-refractivity contribution in [3.63, 3.8) is 0 Å². The van der Waals surface area contributed by atoms with E-state index in [4.69, 9.17) is 0 Å². The third kappa shape index (κ3) is 3.42. The van der Waals surface area contributed by atoms with Gasteiger partial charge in [0.2, 0.25) is 0 Å². The smallest absolute Gasteiger partial charge is 0.155 e. The first-order valence-corrected chi connectivity index (χ1v) is 10.1. The number of aromatic amines is 1. The zero-order valence-electron chi connectivity index (χ0n) is 16.4. The number of aromatic nitrogens is 4. The van der Waals surface area contributed by atoms with Gasteiger partial charge in [-0.05, 0) is 38.2 Å². The first-order valence-electron chi connectivity index (χ1n) is 10.1. The molecule has 1 atom stereocenters. The highest BCUT2D eigenvalue weighted by Gasteiger charge is 2.30. The number of hydrogen-bond donors (Lipinski definition) is 2. The van der Waals surface area contributed by atoms with Crippen LogP contribution in [0.2, 0.25) is 0 Å². The molecular weight excluding hydrogens is 362 g/mol. The number of benzene rings is 1. The molecule has 0 bridgehead atoms. The fourth-order valence-electron chi connectivity index (χ4n) is 4.07. The lowest BCUT2D eigenvalue weighted by atomic mass is 10.0. The zero-order valence-corrected chi connectivity index (χ0v) is 16.4. The molecule has 2 N–H and O–H groups in total. The number of nitrogens with one attached hydrogen (secondary N) is 2. The Morgan fingerprint density at radius 2 is 2.00 bits per heavy atom. The molecule has 3 heterocycles. The van der Waals surface area contributed by atoms with Crippen LogP contribution >= 0.6 is 0 Å². The Morgan fingerprint density at radius 1 is 1.17 bits per heavy atom. The minimum absolute atomic E-state index is 0.220. The predicted molar refractivity (Wildman–Crippen MR) is 111 cm³/mol. The van der Waals surface area contributed by atoms with E-state index in [1.165, 1.54) is 30.3 Å². The first-order chi connectivity index (χ1) is 14.2. The second-order valence-corrected chi connectivity index (χ2v) is 7.90. The van der Waals surface area contributed by atoms with E-state index in [0.717, 1.165) is 25.1 Å². The van der Waals surface area contributed by atoms with Crippen LogP contribution in [0.1, 0.15) is 60.0 Å². The van der Waals surface area contributed by atoms with Gasteiger partial charge in [0.1, 0.15) is 18.0 Å². The van der Waals surface area contributed by atoms with Gasteiger partial charge in [-0.15, -0.1) is 0 Å². The molecule has 1 saturated heterocycles. The molecule has 1 saturated carbocycles. The van der Waals surface area contributed by atoms with Gasteiger partial charge in [0.05, 0.1) is 6.04 Å². The van der Waals surface area contributed by atoms with E-state index in [-0.39, 0.29) is 6.04 Å².